The van der Waals surface area contributed by atoms with Gasteiger partial charge in [-0.1, -0.05) is 27.5 Å². The maximum Gasteiger partial charge on any atom is 0.257 e. The molecule has 1 aliphatic rings. The number of hydrogen-bond acceptors (Lipinski definition) is 3. The van der Waals surface area contributed by atoms with Crippen LogP contribution in [-0.4, -0.2) is 24.0 Å². The summed E-state index contributed by atoms with van der Waals surface area (Å²) in [5.41, 5.74) is 1.09. The number of halogens is 2. The summed E-state index contributed by atoms with van der Waals surface area (Å²) >= 11 is 9.41. The van der Waals surface area contributed by atoms with Crippen LogP contribution < -0.4 is 10.2 Å². The minimum atomic E-state index is -0.248. The fourth-order valence-corrected chi connectivity index (χ4v) is 3.03. The molecule has 22 heavy (non-hydrogen) atoms. The summed E-state index contributed by atoms with van der Waals surface area (Å²) in [4.78, 5) is 18.9. The van der Waals surface area contributed by atoms with E-state index in [1.807, 2.05) is 12.1 Å². The molecular formula is C16H15BrClN3O. The molecule has 1 aliphatic heterocycles. The Morgan fingerprint density at radius 2 is 2.00 bits per heavy atom. The van der Waals surface area contributed by atoms with E-state index in [0.29, 0.717) is 16.3 Å². The molecule has 1 aromatic heterocycles. The lowest BCUT2D eigenvalue weighted by atomic mass is 10.2. The molecule has 1 amide bonds. The zero-order valence-corrected chi connectivity index (χ0v) is 14.2. The normalized spacial score (nSPS) is 14.2. The minimum Gasteiger partial charge on any atom is -0.357 e. The number of anilines is 2. The number of amides is 1. The Labute approximate surface area is 142 Å². The summed E-state index contributed by atoms with van der Waals surface area (Å²) in [6.45, 7) is 2.10. The predicted octanol–water partition coefficient (Wildman–Crippen LogP) is 4.35. The Hall–Kier alpha value is -1.59. The van der Waals surface area contributed by atoms with Crippen molar-refractivity contribution < 1.29 is 4.79 Å². The quantitative estimate of drug-likeness (QED) is 0.861. The largest absolute Gasteiger partial charge is 0.357 e. The molecule has 1 aromatic carbocycles. The molecule has 2 aromatic rings. The molecule has 0 saturated carbocycles. The van der Waals surface area contributed by atoms with Gasteiger partial charge in [0.1, 0.15) is 5.82 Å². The van der Waals surface area contributed by atoms with Crippen LogP contribution in [0.1, 0.15) is 23.2 Å². The summed E-state index contributed by atoms with van der Waals surface area (Å²) < 4.78 is 0.810. The average Bonchev–Trinajstić information content (AvgIpc) is 3.05. The van der Waals surface area contributed by atoms with Gasteiger partial charge in [-0.15, -0.1) is 0 Å². The lowest BCUT2D eigenvalue weighted by Crippen LogP contribution is -2.19. The molecule has 0 radical (unpaired) electrons. The van der Waals surface area contributed by atoms with Crippen LogP contribution in [0.15, 0.2) is 41.0 Å². The summed E-state index contributed by atoms with van der Waals surface area (Å²) in [6, 6.07) is 8.98. The molecule has 1 saturated heterocycles. The van der Waals surface area contributed by atoms with Crippen molar-refractivity contribution in [1.82, 2.24) is 4.98 Å². The van der Waals surface area contributed by atoms with Crippen molar-refractivity contribution in [2.45, 2.75) is 12.8 Å². The number of hydrogen-bond donors (Lipinski definition) is 1. The molecular weight excluding hydrogens is 366 g/mol. The van der Waals surface area contributed by atoms with Gasteiger partial charge >= 0.3 is 0 Å². The molecule has 114 valence electrons. The fraction of sp³-hybridized carbons (Fsp3) is 0.250. The number of carbonyl (C=O) groups excluding carboxylic acids is 1. The van der Waals surface area contributed by atoms with Crippen LogP contribution in [0.2, 0.25) is 5.02 Å². The van der Waals surface area contributed by atoms with Gasteiger partial charge < -0.3 is 10.2 Å². The minimum absolute atomic E-state index is 0.248. The number of carbonyl (C=O) groups is 1. The van der Waals surface area contributed by atoms with Crippen LogP contribution in [0, 0.1) is 0 Å². The Bertz CT molecular complexity index is 684. The third-order valence-electron chi connectivity index (χ3n) is 3.61. The number of nitrogens with zero attached hydrogens (tertiary/aromatic N) is 2. The van der Waals surface area contributed by atoms with E-state index in [1.54, 1.807) is 24.4 Å². The second kappa shape index (κ2) is 6.67. The maximum atomic E-state index is 12.3. The lowest BCUT2D eigenvalue weighted by molar-refractivity contribution is 0.102. The molecule has 0 atom stereocenters. The zero-order chi connectivity index (χ0) is 15.5. The first-order valence-corrected chi connectivity index (χ1v) is 8.28. The standard InChI is InChI=1S/C16H15BrClN3O/c17-11-3-5-14(18)13(9-11)16(22)20-12-4-6-15(19-10-12)21-7-1-2-8-21/h3-6,9-10H,1-2,7-8H2,(H,20,22). The Kier molecular flexibility index (Phi) is 4.64. The van der Waals surface area contributed by atoms with E-state index in [-0.39, 0.29) is 5.91 Å². The highest BCUT2D eigenvalue weighted by molar-refractivity contribution is 9.10. The highest BCUT2D eigenvalue weighted by Crippen LogP contribution is 2.23. The monoisotopic (exact) mass is 379 g/mol. The highest BCUT2D eigenvalue weighted by Gasteiger charge is 2.14. The topological polar surface area (TPSA) is 45.2 Å². The lowest BCUT2D eigenvalue weighted by Gasteiger charge is -2.16. The van der Waals surface area contributed by atoms with Gasteiger partial charge in [0.2, 0.25) is 0 Å². The van der Waals surface area contributed by atoms with Crippen molar-refractivity contribution in [3.8, 4) is 0 Å². The molecule has 2 heterocycles. The predicted molar refractivity (Wildman–Crippen MR) is 92.8 cm³/mol. The van der Waals surface area contributed by atoms with E-state index in [9.17, 15) is 4.79 Å². The van der Waals surface area contributed by atoms with Crippen LogP contribution in [0.25, 0.3) is 0 Å². The van der Waals surface area contributed by atoms with E-state index in [2.05, 4.69) is 31.1 Å². The van der Waals surface area contributed by atoms with Crippen LogP contribution in [0.5, 0.6) is 0 Å². The molecule has 0 unspecified atom stereocenters. The van der Waals surface area contributed by atoms with E-state index in [1.165, 1.54) is 12.8 Å². The average molecular weight is 381 g/mol. The highest BCUT2D eigenvalue weighted by atomic mass is 79.9. The first-order chi connectivity index (χ1) is 10.6. The van der Waals surface area contributed by atoms with Crippen molar-refractivity contribution in [2.75, 3.05) is 23.3 Å². The molecule has 0 spiro atoms. The van der Waals surface area contributed by atoms with Gasteiger partial charge in [-0.3, -0.25) is 4.79 Å². The summed E-state index contributed by atoms with van der Waals surface area (Å²) in [5.74, 6) is 0.706. The van der Waals surface area contributed by atoms with Crippen LogP contribution >= 0.6 is 27.5 Å². The SMILES string of the molecule is O=C(Nc1ccc(N2CCCC2)nc1)c1cc(Br)ccc1Cl. The van der Waals surface area contributed by atoms with Crippen LogP contribution in [-0.2, 0) is 0 Å². The molecule has 6 heteroatoms. The van der Waals surface area contributed by atoms with Gasteiger partial charge in [-0.05, 0) is 43.2 Å². The summed E-state index contributed by atoms with van der Waals surface area (Å²) in [6.07, 6.45) is 4.10. The van der Waals surface area contributed by atoms with Crippen molar-refractivity contribution in [1.29, 1.82) is 0 Å². The van der Waals surface area contributed by atoms with Gasteiger partial charge in [0.05, 0.1) is 22.5 Å². The Balaban J connectivity index is 1.72. The van der Waals surface area contributed by atoms with Gasteiger partial charge in [-0.25, -0.2) is 4.98 Å². The molecule has 0 aliphatic carbocycles. The van der Waals surface area contributed by atoms with Gasteiger partial charge in [-0.2, -0.15) is 0 Å². The first-order valence-electron chi connectivity index (χ1n) is 7.11. The maximum absolute atomic E-state index is 12.3. The molecule has 4 nitrogen and oxygen atoms in total. The number of rotatable bonds is 3. The second-order valence-corrected chi connectivity index (χ2v) is 6.50. The van der Waals surface area contributed by atoms with Crippen molar-refractivity contribution >= 4 is 44.9 Å². The van der Waals surface area contributed by atoms with Crippen molar-refractivity contribution in [2.24, 2.45) is 0 Å². The number of nitrogens with one attached hydrogen (secondary N) is 1. The molecule has 3 rings (SSSR count). The fourth-order valence-electron chi connectivity index (χ4n) is 2.46. The molecule has 1 N–H and O–H groups in total. The summed E-state index contributed by atoms with van der Waals surface area (Å²) in [7, 11) is 0. The first kappa shape index (κ1) is 15.3. The Morgan fingerprint density at radius 1 is 1.23 bits per heavy atom. The summed E-state index contributed by atoms with van der Waals surface area (Å²) in [5, 5.41) is 3.24. The van der Waals surface area contributed by atoms with Crippen molar-refractivity contribution in [3.63, 3.8) is 0 Å². The molecule has 0 bridgehead atoms. The molecule has 1 fully saturated rings. The van der Waals surface area contributed by atoms with E-state index in [4.69, 9.17) is 11.6 Å². The van der Waals surface area contributed by atoms with E-state index in [0.717, 1.165) is 23.4 Å². The zero-order valence-electron chi connectivity index (χ0n) is 11.9. The van der Waals surface area contributed by atoms with Crippen LogP contribution in [0.3, 0.4) is 0 Å². The van der Waals surface area contributed by atoms with Gasteiger partial charge in [0, 0.05) is 17.6 Å². The second-order valence-electron chi connectivity index (χ2n) is 5.18. The third-order valence-corrected chi connectivity index (χ3v) is 4.43. The van der Waals surface area contributed by atoms with E-state index < -0.39 is 0 Å². The van der Waals surface area contributed by atoms with Crippen molar-refractivity contribution in [3.05, 3.63) is 51.6 Å². The van der Waals surface area contributed by atoms with Gasteiger partial charge in [0.15, 0.2) is 0 Å². The number of pyridine rings is 1. The number of benzene rings is 1. The van der Waals surface area contributed by atoms with E-state index >= 15 is 0 Å². The van der Waals surface area contributed by atoms with Gasteiger partial charge in [0.25, 0.3) is 5.91 Å². The Morgan fingerprint density at radius 3 is 2.68 bits per heavy atom. The smallest absolute Gasteiger partial charge is 0.257 e. The van der Waals surface area contributed by atoms with Crippen LogP contribution in [0.4, 0.5) is 11.5 Å². The number of aromatic nitrogens is 1. The third kappa shape index (κ3) is 3.42.